The van der Waals surface area contributed by atoms with Crippen LogP contribution in [0.3, 0.4) is 0 Å². The molecule has 4 nitrogen and oxygen atoms in total. The van der Waals surface area contributed by atoms with Gasteiger partial charge in [-0.25, -0.2) is 4.79 Å². The van der Waals surface area contributed by atoms with Crippen molar-refractivity contribution in [3.63, 3.8) is 0 Å². The highest BCUT2D eigenvalue weighted by Crippen LogP contribution is 2.20. The normalized spacial score (nSPS) is 18.3. The lowest BCUT2D eigenvalue weighted by atomic mass is 9.88. The Morgan fingerprint density at radius 3 is 2.94 bits per heavy atom. The number of nitrogens with one attached hydrogen (secondary N) is 1. The molecule has 0 saturated carbocycles. The van der Waals surface area contributed by atoms with E-state index < -0.39 is 6.09 Å². The van der Waals surface area contributed by atoms with Crippen LogP contribution in [0.25, 0.3) is 0 Å². The molecule has 0 radical (unpaired) electrons. The summed E-state index contributed by atoms with van der Waals surface area (Å²) in [6, 6.07) is 8.43. The summed E-state index contributed by atoms with van der Waals surface area (Å²) >= 11 is 0. The number of ether oxygens (including phenoxy) is 1. The number of rotatable bonds is 3. The molecule has 1 aromatic rings. The van der Waals surface area contributed by atoms with Gasteiger partial charge >= 0.3 is 6.09 Å². The SMILES string of the molecule is O=C(NC1CCc2ccccc2C1)OCCO. The average molecular weight is 235 g/mol. The molecule has 4 heteroatoms. The molecular formula is C13H17NO3. The Bertz CT molecular complexity index is 392. The van der Waals surface area contributed by atoms with Crippen molar-refractivity contribution in [1.82, 2.24) is 5.32 Å². The van der Waals surface area contributed by atoms with Gasteiger partial charge in [-0.1, -0.05) is 24.3 Å². The topological polar surface area (TPSA) is 58.6 Å². The van der Waals surface area contributed by atoms with Crippen LogP contribution >= 0.6 is 0 Å². The van der Waals surface area contributed by atoms with Gasteiger partial charge in [0.05, 0.1) is 6.61 Å². The molecule has 0 spiro atoms. The summed E-state index contributed by atoms with van der Waals surface area (Å²) in [7, 11) is 0. The van der Waals surface area contributed by atoms with Crippen molar-refractivity contribution >= 4 is 6.09 Å². The minimum Gasteiger partial charge on any atom is -0.447 e. The van der Waals surface area contributed by atoms with Gasteiger partial charge in [0.25, 0.3) is 0 Å². The van der Waals surface area contributed by atoms with Gasteiger partial charge in [-0.15, -0.1) is 0 Å². The van der Waals surface area contributed by atoms with E-state index in [0.717, 1.165) is 19.3 Å². The molecule has 1 aliphatic rings. The fourth-order valence-corrected chi connectivity index (χ4v) is 2.17. The highest BCUT2D eigenvalue weighted by Gasteiger charge is 2.20. The average Bonchev–Trinajstić information content (AvgIpc) is 2.36. The van der Waals surface area contributed by atoms with Crippen LogP contribution < -0.4 is 5.32 Å². The molecule has 92 valence electrons. The largest absolute Gasteiger partial charge is 0.447 e. The van der Waals surface area contributed by atoms with E-state index in [1.54, 1.807) is 0 Å². The third kappa shape index (κ3) is 3.20. The van der Waals surface area contributed by atoms with Gasteiger partial charge in [-0.05, 0) is 30.4 Å². The van der Waals surface area contributed by atoms with Crippen molar-refractivity contribution in [1.29, 1.82) is 0 Å². The zero-order chi connectivity index (χ0) is 12.1. The maximum absolute atomic E-state index is 11.3. The van der Waals surface area contributed by atoms with Crippen molar-refractivity contribution in [2.75, 3.05) is 13.2 Å². The maximum atomic E-state index is 11.3. The smallest absolute Gasteiger partial charge is 0.407 e. The lowest BCUT2D eigenvalue weighted by molar-refractivity contribution is 0.115. The molecule has 0 heterocycles. The van der Waals surface area contributed by atoms with Crippen LogP contribution in [0.2, 0.25) is 0 Å². The van der Waals surface area contributed by atoms with Crippen molar-refractivity contribution in [2.24, 2.45) is 0 Å². The summed E-state index contributed by atoms with van der Waals surface area (Å²) in [6.07, 6.45) is 2.33. The van der Waals surface area contributed by atoms with Gasteiger partial charge in [0.2, 0.25) is 0 Å². The first-order valence-electron chi connectivity index (χ1n) is 5.90. The molecule has 0 fully saturated rings. The summed E-state index contributed by atoms with van der Waals surface area (Å²) in [5, 5.41) is 11.4. The number of hydrogen-bond donors (Lipinski definition) is 2. The van der Waals surface area contributed by atoms with Crippen molar-refractivity contribution in [3.05, 3.63) is 35.4 Å². The molecule has 2 N–H and O–H groups in total. The van der Waals surface area contributed by atoms with Crippen molar-refractivity contribution < 1.29 is 14.6 Å². The Morgan fingerprint density at radius 1 is 1.41 bits per heavy atom. The summed E-state index contributed by atoms with van der Waals surface area (Å²) in [5.74, 6) is 0. The van der Waals surface area contributed by atoms with E-state index in [4.69, 9.17) is 9.84 Å². The number of carbonyl (C=O) groups excluding carboxylic acids is 1. The van der Waals surface area contributed by atoms with Crippen LogP contribution in [-0.4, -0.2) is 30.5 Å². The van der Waals surface area contributed by atoms with Gasteiger partial charge in [0, 0.05) is 6.04 Å². The standard InChI is InChI=1S/C13H17NO3/c15-7-8-17-13(16)14-12-6-5-10-3-1-2-4-11(10)9-12/h1-4,12,15H,5-9H2,(H,14,16). The fourth-order valence-electron chi connectivity index (χ4n) is 2.17. The molecular weight excluding hydrogens is 218 g/mol. The molecule has 0 aliphatic heterocycles. The number of benzene rings is 1. The Hall–Kier alpha value is -1.55. The van der Waals surface area contributed by atoms with E-state index in [2.05, 4.69) is 17.4 Å². The highest BCUT2D eigenvalue weighted by atomic mass is 16.6. The van der Waals surface area contributed by atoms with Gasteiger partial charge < -0.3 is 15.2 Å². The molecule has 1 unspecified atom stereocenters. The monoisotopic (exact) mass is 235 g/mol. The van der Waals surface area contributed by atoms with Gasteiger partial charge in [0.15, 0.2) is 0 Å². The first-order valence-corrected chi connectivity index (χ1v) is 5.90. The highest BCUT2D eigenvalue weighted by molar-refractivity contribution is 5.67. The molecule has 1 aromatic carbocycles. The minimum atomic E-state index is -0.441. The van der Waals surface area contributed by atoms with E-state index >= 15 is 0 Å². The zero-order valence-corrected chi connectivity index (χ0v) is 9.69. The number of alkyl carbamates (subject to hydrolysis) is 1. The van der Waals surface area contributed by atoms with Crippen LogP contribution in [0.5, 0.6) is 0 Å². The van der Waals surface area contributed by atoms with Gasteiger partial charge in [-0.3, -0.25) is 0 Å². The Morgan fingerprint density at radius 2 is 2.18 bits per heavy atom. The summed E-state index contributed by atoms with van der Waals surface area (Å²) in [6.45, 7) is -0.0872. The molecule has 0 aromatic heterocycles. The van der Waals surface area contributed by atoms with Crippen LogP contribution in [0.4, 0.5) is 4.79 Å². The van der Waals surface area contributed by atoms with Crippen molar-refractivity contribution in [3.8, 4) is 0 Å². The molecule has 1 aliphatic carbocycles. The molecule has 2 rings (SSSR count). The molecule has 1 atom stereocenters. The Balaban J connectivity index is 1.88. The van der Waals surface area contributed by atoms with Gasteiger partial charge in [-0.2, -0.15) is 0 Å². The lowest BCUT2D eigenvalue weighted by Crippen LogP contribution is -2.39. The fraction of sp³-hybridized carbons (Fsp3) is 0.462. The second kappa shape index (κ2) is 5.68. The van der Waals surface area contributed by atoms with Crippen LogP contribution in [0.1, 0.15) is 17.5 Å². The third-order valence-electron chi connectivity index (χ3n) is 2.99. The van der Waals surface area contributed by atoms with E-state index in [9.17, 15) is 4.79 Å². The number of aliphatic hydroxyl groups is 1. The number of aliphatic hydroxyl groups excluding tert-OH is 1. The van der Waals surface area contributed by atoms with Crippen LogP contribution in [0, 0.1) is 0 Å². The quantitative estimate of drug-likeness (QED) is 0.829. The van der Waals surface area contributed by atoms with Gasteiger partial charge in [0.1, 0.15) is 6.61 Å². The van der Waals surface area contributed by atoms with E-state index in [1.165, 1.54) is 11.1 Å². The van der Waals surface area contributed by atoms with E-state index in [0.29, 0.717) is 0 Å². The number of aryl methyl sites for hydroxylation is 1. The second-order valence-electron chi connectivity index (χ2n) is 4.21. The van der Waals surface area contributed by atoms with E-state index in [1.807, 2.05) is 12.1 Å². The molecule has 1 amide bonds. The zero-order valence-electron chi connectivity index (χ0n) is 9.69. The number of fused-ring (bicyclic) bond motifs is 1. The van der Waals surface area contributed by atoms with E-state index in [-0.39, 0.29) is 19.3 Å². The van der Waals surface area contributed by atoms with Crippen molar-refractivity contribution in [2.45, 2.75) is 25.3 Å². The number of amides is 1. The predicted molar refractivity (Wildman–Crippen MR) is 63.8 cm³/mol. The first kappa shape index (κ1) is 11.9. The number of carbonyl (C=O) groups is 1. The Labute approximate surface area is 101 Å². The van der Waals surface area contributed by atoms with Crippen LogP contribution in [-0.2, 0) is 17.6 Å². The maximum Gasteiger partial charge on any atom is 0.407 e. The number of hydrogen-bond acceptors (Lipinski definition) is 3. The second-order valence-corrected chi connectivity index (χ2v) is 4.21. The Kier molecular flexibility index (Phi) is 3.98. The predicted octanol–water partition coefficient (Wildman–Crippen LogP) is 1.26. The molecule has 0 bridgehead atoms. The first-order chi connectivity index (χ1) is 8.29. The minimum absolute atomic E-state index is 0.0507. The third-order valence-corrected chi connectivity index (χ3v) is 2.99. The lowest BCUT2D eigenvalue weighted by Gasteiger charge is -2.25. The van der Waals surface area contributed by atoms with Crippen LogP contribution in [0.15, 0.2) is 24.3 Å². The summed E-state index contributed by atoms with van der Waals surface area (Å²) < 4.78 is 4.78. The summed E-state index contributed by atoms with van der Waals surface area (Å²) in [4.78, 5) is 11.3. The molecule has 17 heavy (non-hydrogen) atoms. The summed E-state index contributed by atoms with van der Waals surface area (Å²) in [5.41, 5.74) is 2.67. The molecule has 0 saturated heterocycles.